The van der Waals surface area contributed by atoms with Gasteiger partial charge in [-0.1, -0.05) is 6.92 Å². The fourth-order valence-corrected chi connectivity index (χ4v) is 2.92. The zero-order chi connectivity index (χ0) is 15.6. The zero-order valence-electron chi connectivity index (χ0n) is 11.7. The van der Waals surface area contributed by atoms with E-state index in [0.29, 0.717) is 6.42 Å². The van der Waals surface area contributed by atoms with E-state index in [1.165, 1.54) is 11.8 Å². The van der Waals surface area contributed by atoms with Crippen LogP contribution in [0.1, 0.15) is 46.0 Å². The molecule has 1 saturated carbocycles. The normalized spacial score (nSPS) is 27.1. The number of alkyl halides is 3. The number of hydrogen-bond acceptors (Lipinski definition) is 2. The molecule has 0 aliphatic heterocycles. The van der Waals surface area contributed by atoms with Crippen LogP contribution in [0.2, 0.25) is 0 Å². The first-order valence-corrected chi connectivity index (χ1v) is 6.73. The second-order valence-corrected chi connectivity index (χ2v) is 5.32. The smallest absolute Gasteiger partial charge is 0.391 e. The topological polar surface area (TPSA) is 57.6 Å². The molecule has 20 heavy (non-hydrogen) atoms. The number of carbonyl (C=O) groups excluding carboxylic acids is 1. The lowest BCUT2D eigenvalue weighted by molar-refractivity contribution is -0.194. The van der Waals surface area contributed by atoms with Gasteiger partial charge >= 0.3 is 12.1 Å². The summed E-state index contributed by atoms with van der Waals surface area (Å²) in [6, 6.07) is 0. The predicted octanol–water partition coefficient (Wildman–Crippen LogP) is 2.82. The highest BCUT2D eigenvalue weighted by Gasteiger charge is 2.52. The molecule has 0 bridgehead atoms. The Morgan fingerprint density at radius 3 is 2.10 bits per heavy atom. The van der Waals surface area contributed by atoms with Crippen LogP contribution in [0.4, 0.5) is 13.2 Å². The summed E-state index contributed by atoms with van der Waals surface area (Å²) in [5.74, 6) is -3.08. The van der Waals surface area contributed by atoms with Crippen molar-refractivity contribution in [2.75, 3.05) is 6.54 Å². The average Bonchev–Trinajstić information content (AvgIpc) is 2.34. The first-order valence-electron chi connectivity index (χ1n) is 6.73. The highest BCUT2D eigenvalue weighted by Crippen LogP contribution is 2.43. The Morgan fingerprint density at radius 1 is 1.30 bits per heavy atom. The number of carboxylic acids is 1. The third-order valence-electron chi connectivity index (χ3n) is 4.02. The molecule has 4 nitrogen and oxygen atoms in total. The summed E-state index contributed by atoms with van der Waals surface area (Å²) < 4.78 is 38.0. The largest absolute Gasteiger partial charge is 0.479 e. The number of aliphatic carboxylic acids is 1. The van der Waals surface area contributed by atoms with Crippen molar-refractivity contribution in [2.45, 2.75) is 57.7 Å². The van der Waals surface area contributed by atoms with E-state index in [1.54, 1.807) is 6.92 Å². The van der Waals surface area contributed by atoms with E-state index in [1.807, 2.05) is 0 Å². The number of amides is 1. The molecule has 7 heteroatoms. The molecule has 1 amide bonds. The second-order valence-electron chi connectivity index (χ2n) is 5.32. The average molecular weight is 295 g/mol. The molecule has 1 rings (SSSR count). The maximum atomic E-state index is 12.7. The molecule has 0 aromatic carbocycles. The summed E-state index contributed by atoms with van der Waals surface area (Å²) in [6.45, 7) is 3.31. The summed E-state index contributed by atoms with van der Waals surface area (Å²) >= 11 is 0. The van der Waals surface area contributed by atoms with Crippen LogP contribution in [0.15, 0.2) is 0 Å². The van der Waals surface area contributed by atoms with E-state index in [0.717, 1.165) is 0 Å². The number of halogens is 3. The summed E-state index contributed by atoms with van der Waals surface area (Å²) in [4.78, 5) is 24.5. The molecule has 0 aromatic rings. The van der Waals surface area contributed by atoms with Gasteiger partial charge in [0.25, 0.3) is 0 Å². The van der Waals surface area contributed by atoms with Crippen LogP contribution in [0.5, 0.6) is 0 Å². The number of nitrogens with zero attached hydrogens (tertiary/aromatic N) is 1. The number of rotatable bonds is 4. The van der Waals surface area contributed by atoms with E-state index >= 15 is 0 Å². The Balaban J connectivity index is 2.97. The Bertz CT molecular complexity index is 374. The highest BCUT2D eigenvalue weighted by molar-refractivity contribution is 5.86. The van der Waals surface area contributed by atoms with Gasteiger partial charge in [0, 0.05) is 13.5 Å². The van der Waals surface area contributed by atoms with Crippen molar-refractivity contribution in [3.8, 4) is 0 Å². The molecule has 0 spiro atoms. The first kappa shape index (κ1) is 16.8. The lowest BCUT2D eigenvalue weighted by atomic mass is 9.75. The van der Waals surface area contributed by atoms with Gasteiger partial charge in [-0.3, -0.25) is 4.79 Å². The van der Waals surface area contributed by atoms with E-state index in [-0.39, 0.29) is 32.2 Å². The molecule has 1 aliphatic carbocycles. The van der Waals surface area contributed by atoms with Gasteiger partial charge in [0.2, 0.25) is 5.91 Å². The van der Waals surface area contributed by atoms with Crippen LogP contribution in [-0.2, 0) is 9.59 Å². The van der Waals surface area contributed by atoms with Crippen LogP contribution < -0.4 is 0 Å². The third-order valence-corrected chi connectivity index (χ3v) is 4.02. The molecule has 1 fully saturated rings. The minimum atomic E-state index is -4.30. The van der Waals surface area contributed by atoms with Crippen LogP contribution in [-0.4, -0.2) is 40.1 Å². The van der Waals surface area contributed by atoms with Crippen molar-refractivity contribution in [1.29, 1.82) is 0 Å². The quantitative estimate of drug-likeness (QED) is 0.867. The zero-order valence-corrected chi connectivity index (χ0v) is 11.7. The highest BCUT2D eigenvalue weighted by atomic mass is 19.4. The fourth-order valence-electron chi connectivity index (χ4n) is 2.92. The van der Waals surface area contributed by atoms with E-state index in [2.05, 4.69) is 0 Å². The molecule has 0 unspecified atom stereocenters. The van der Waals surface area contributed by atoms with Crippen molar-refractivity contribution < 1.29 is 27.9 Å². The minimum Gasteiger partial charge on any atom is -0.479 e. The minimum absolute atomic E-state index is 0.147. The van der Waals surface area contributed by atoms with Crippen molar-refractivity contribution in [3.05, 3.63) is 0 Å². The fraction of sp³-hybridized carbons (Fsp3) is 0.846. The van der Waals surface area contributed by atoms with Crippen molar-refractivity contribution in [3.63, 3.8) is 0 Å². The van der Waals surface area contributed by atoms with E-state index < -0.39 is 29.5 Å². The van der Waals surface area contributed by atoms with Gasteiger partial charge in [-0.15, -0.1) is 0 Å². The van der Waals surface area contributed by atoms with Crippen molar-refractivity contribution >= 4 is 11.9 Å². The third kappa shape index (κ3) is 3.24. The van der Waals surface area contributed by atoms with Crippen molar-refractivity contribution in [2.24, 2.45) is 5.92 Å². The van der Waals surface area contributed by atoms with Gasteiger partial charge in [-0.2, -0.15) is 13.2 Å². The van der Waals surface area contributed by atoms with Gasteiger partial charge in [-0.05, 0) is 32.1 Å². The molecule has 0 heterocycles. The summed E-state index contributed by atoms with van der Waals surface area (Å²) in [6.07, 6.45) is -4.52. The Labute approximate surface area is 115 Å². The van der Waals surface area contributed by atoms with Gasteiger partial charge in [0.15, 0.2) is 0 Å². The monoisotopic (exact) mass is 295 g/mol. The molecule has 0 saturated heterocycles. The number of carbonyl (C=O) groups is 2. The van der Waals surface area contributed by atoms with E-state index in [4.69, 9.17) is 0 Å². The SMILES string of the molecule is CCCN(C(C)=O)C1(C(=O)O)CCC(C(F)(F)F)CC1. The maximum absolute atomic E-state index is 12.7. The van der Waals surface area contributed by atoms with Gasteiger partial charge < -0.3 is 10.0 Å². The first-order chi connectivity index (χ1) is 9.15. The lowest BCUT2D eigenvalue weighted by Crippen LogP contribution is -2.59. The van der Waals surface area contributed by atoms with Crippen LogP contribution in [0.25, 0.3) is 0 Å². The van der Waals surface area contributed by atoms with Crippen LogP contribution in [0, 0.1) is 5.92 Å². The maximum Gasteiger partial charge on any atom is 0.391 e. The molecule has 0 aromatic heterocycles. The Hall–Kier alpha value is -1.27. The van der Waals surface area contributed by atoms with Gasteiger partial charge in [0.05, 0.1) is 5.92 Å². The molecular weight excluding hydrogens is 275 g/mol. The molecule has 0 atom stereocenters. The summed E-state index contributed by atoms with van der Waals surface area (Å²) in [5, 5.41) is 9.45. The van der Waals surface area contributed by atoms with Crippen LogP contribution >= 0.6 is 0 Å². The van der Waals surface area contributed by atoms with E-state index in [9.17, 15) is 27.9 Å². The van der Waals surface area contributed by atoms with Crippen molar-refractivity contribution in [1.82, 2.24) is 4.90 Å². The Morgan fingerprint density at radius 2 is 1.80 bits per heavy atom. The summed E-state index contributed by atoms with van der Waals surface area (Å²) in [7, 11) is 0. The lowest BCUT2D eigenvalue weighted by Gasteiger charge is -2.44. The Kier molecular flexibility index (Phi) is 5.05. The van der Waals surface area contributed by atoms with Gasteiger partial charge in [-0.25, -0.2) is 4.79 Å². The molecule has 116 valence electrons. The van der Waals surface area contributed by atoms with Gasteiger partial charge in [0.1, 0.15) is 5.54 Å². The standard InChI is InChI=1S/C13H20F3NO3/c1-3-8-17(9(2)18)12(11(19)20)6-4-10(5-7-12)13(14,15)16/h10H,3-8H2,1-2H3,(H,19,20). The number of carboxylic acid groups (broad SMARTS) is 1. The van der Waals surface area contributed by atoms with Crippen LogP contribution in [0.3, 0.4) is 0 Å². The molecule has 1 N–H and O–H groups in total. The molecular formula is C13H20F3NO3. The predicted molar refractivity (Wildman–Crippen MR) is 66.1 cm³/mol. The molecule has 0 radical (unpaired) electrons. The second kappa shape index (κ2) is 6.01. The summed E-state index contributed by atoms with van der Waals surface area (Å²) in [5.41, 5.74) is -1.48. The number of hydrogen-bond donors (Lipinski definition) is 1. The molecule has 1 aliphatic rings.